The van der Waals surface area contributed by atoms with Crippen molar-refractivity contribution in [2.45, 2.75) is 32.7 Å². The van der Waals surface area contributed by atoms with Crippen LogP contribution in [0.2, 0.25) is 0 Å². The van der Waals surface area contributed by atoms with Crippen LogP contribution in [-0.4, -0.2) is 25.8 Å². The van der Waals surface area contributed by atoms with E-state index in [2.05, 4.69) is 25.3 Å². The molecule has 3 heterocycles. The number of imidazole rings is 1. The highest BCUT2D eigenvalue weighted by molar-refractivity contribution is 7.13. The van der Waals surface area contributed by atoms with Crippen molar-refractivity contribution in [1.82, 2.24) is 25.3 Å². The first kappa shape index (κ1) is 16.3. The monoisotopic (exact) mass is 341 g/mol. The molecule has 0 atom stereocenters. The number of nitrogens with one attached hydrogen (secondary N) is 2. The molecule has 6 nitrogen and oxygen atoms in total. The summed E-state index contributed by atoms with van der Waals surface area (Å²) in [6, 6.07) is 5.69. The van der Waals surface area contributed by atoms with Crippen LogP contribution in [0.4, 0.5) is 0 Å². The number of aryl methyl sites for hydroxylation is 1. The fraction of sp³-hybridized carbons (Fsp3) is 0.294. The Hall–Kier alpha value is -2.54. The molecule has 2 N–H and O–H groups in total. The van der Waals surface area contributed by atoms with Crippen molar-refractivity contribution in [2.75, 3.05) is 0 Å². The number of carbonyl (C=O) groups is 1. The largest absolute Gasteiger partial charge is 0.344 e. The topological polar surface area (TPSA) is 83.6 Å². The zero-order valence-electron chi connectivity index (χ0n) is 13.8. The van der Waals surface area contributed by atoms with Gasteiger partial charge >= 0.3 is 0 Å². The van der Waals surface area contributed by atoms with E-state index in [1.165, 1.54) is 11.3 Å². The maximum Gasteiger partial charge on any atom is 0.226 e. The smallest absolute Gasteiger partial charge is 0.226 e. The minimum atomic E-state index is -0.564. The second-order valence-corrected chi connectivity index (χ2v) is 6.98. The number of thiazole rings is 1. The molecule has 24 heavy (non-hydrogen) atoms. The molecule has 0 unspecified atom stereocenters. The van der Waals surface area contributed by atoms with Gasteiger partial charge in [0.2, 0.25) is 5.91 Å². The second-order valence-electron chi connectivity index (χ2n) is 6.12. The SMILES string of the molecule is Cc1cnc(C(C)(C)NC(=O)Cc2csc(-c3ccccn3)n2)[nH]1. The van der Waals surface area contributed by atoms with E-state index in [0.717, 1.165) is 27.9 Å². The first-order valence-corrected chi connectivity index (χ1v) is 8.51. The molecule has 0 aromatic carbocycles. The summed E-state index contributed by atoms with van der Waals surface area (Å²) >= 11 is 1.49. The van der Waals surface area contributed by atoms with Crippen LogP contribution in [0.1, 0.15) is 31.1 Å². The molecule has 1 amide bonds. The van der Waals surface area contributed by atoms with Crippen LogP contribution < -0.4 is 5.32 Å². The van der Waals surface area contributed by atoms with Crippen LogP contribution in [0.15, 0.2) is 36.0 Å². The van der Waals surface area contributed by atoms with E-state index in [4.69, 9.17) is 0 Å². The van der Waals surface area contributed by atoms with Crippen molar-refractivity contribution in [1.29, 1.82) is 0 Å². The van der Waals surface area contributed by atoms with Crippen LogP contribution in [0.25, 0.3) is 10.7 Å². The van der Waals surface area contributed by atoms with Gasteiger partial charge in [-0.15, -0.1) is 11.3 Å². The highest BCUT2D eigenvalue weighted by atomic mass is 32.1. The number of pyridine rings is 1. The summed E-state index contributed by atoms with van der Waals surface area (Å²) in [4.78, 5) is 28.6. The van der Waals surface area contributed by atoms with Crippen LogP contribution >= 0.6 is 11.3 Å². The highest BCUT2D eigenvalue weighted by Crippen LogP contribution is 2.22. The van der Waals surface area contributed by atoms with Crippen LogP contribution in [0, 0.1) is 6.92 Å². The number of hydrogen-bond acceptors (Lipinski definition) is 5. The van der Waals surface area contributed by atoms with Gasteiger partial charge < -0.3 is 10.3 Å². The highest BCUT2D eigenvalue weighted by Gasteiger charge is 2.26. The molecular formula is C17H19N5OS. The number of hydrogen-bond donors (Lipinski definition) is 2. The fourth-order valence-corrected chi connectivity index (χ4v) is 3.14. The van der Waals surface area contributed by atoms with Gasteiger partial charge in [-0.3, -0.25) is 9.78 Å². The van der Waals surface area contributed by atoms with E-state index < -0.39 is 5.54 Å². The molecule has 124 valence electrons. The summed E-state index contributed by atoms with van der Waals surface area (Å²) in [7, 11) is 0. The third-order valence-electron chi connectivity index (χ3n) is 3.52. The lowest BCUT2D eigenvalue weighted by Gasteiger charge is -2.23. The summed E-state index contributed by atoms with van der Waals surface area (Å²) in [5, 5.41) is 5.71. The summed E-state index contributed by atoms with van der Waals surface area (Å²) < 4.78 is 0. The molecule has 0 saturated heterocycles. The Kier molecular flexibility index (Phi) is 4.44. The zero-order chi connectivity index (χ0) is 17.2. The summed E-state index contributed by atoms with van der Waals surface area (Å²) in [5.41, 5.74) is 1.96. The Balaban J connectivity index is 1.66. The second kappa shape index (κ2) is 6.52. The van der Waals surface area contributed by atoms with Crippen molar-refractivity contribution in [2.24, 2.45) is 0 Å². The molecule has 3 aromatic rings. The Morgan fingerprint density at radius 2 is 2.17 bits per heavy atom. The standard InChI is InChI=1S/C17H19N5OS/c1-11-9-19-16(20-11)17(2,3)22-14(23)8-12-10-24-15(21-12)13-6-4-5-7-18-13/h4-7,9-10H,8H2,1-3H3,(H,19,20)(H,22,23). The predicted molar refractivity (Wildman–Crippen MR) is 93.5 cm³/mol. The minimum absolute atomic E-state index is 0.0908. The van der Waals surface area contributed by atoms with Gasteiger partial charge in [-0.05, 0) is 32.9 Å². The number of aromatic nitrogens is 4. The minimum Gasteiger partial charge on any atom is -0.344 e. The fourth-order valence-electron chi connectivity index (χ4n) is 2.34. The van der Waals surface area contributed by atoms with Gasteiger partial charge in [0.1, 0.15) is 10.8 Å². The third-order valence-corrected chi connectivity index (χ3v) is 4.44. The Bertz CT molecular complexity index is 838. The maximum atomic E-state index is 12.4. The van der Waals surface area contributed by atoms with Crippen molar-refractivity contribution >= 4 is 17.2 Å². The molecule has 0 aliphatic heterocycles. The van der Waals surface area contributed by atoms with Gasteiger partial charge in [0.15, 0.2) is 0 Å². The molecule has 0 radical (unpaired) electrons. The number of amides is 1. The lowest BCUT2D eigenvalue weighted by atomic mass is 10.0. The van der Waals surface area contributed by atoms with Crippen molar-refractivity contribution in [3.05, 3.63) is 53.2 Å². The van der Waals surface area contributed by atoms with E-state index in [0.29, 0.717) is 0 Å². The Morgan fingerprint density at radius 3 is 2.83 bits per heavy atom. The summed E-state index contributed by atoms with van der Waals surface area (Å²) in [5.74, 6) is 0.646. The molecule has 7 heteroatoms. The lowest BCUT2D eigenvalue weighted by Crippen LogP contribution is -2.42. The molecule has 0 saturated carbocycles. The Morgan fingerprint density at radius 1 is 1.33 bits per heavy atom. The van der Waals surface area contributed by atoms with Crippen molar-refractivity contribution < 1.29 is 4.79 Å². The molecule has 0 spiro atoms. The number of carbonyl (C=O) groups excluding carboxylic acids is 1. The molecule has 0 aliphatic carbocycles. The average molecular weight is 341 g/mol. The molecule has 0 fully saturated rings. The zero-order valence-corrected chi connectivity index (χ0v) is 14.6. The number of rotatable bonds is 5. The van der Waals surface area contributed by atoms with Crippen molar-refractivity contribution in [3.8, 4) is 10.7 Å². The predicted octanol–water partition coefficient (Wildman–Crippen LogP) is 2.83. The molecule has 0 bridgehead atoms. The maximum absolute atomic E-state index is 12.4. The van der Waals surface area contributed by atoms with E-state index in [9.17, 15) is 4.79 Å². The Labute approximate surface area is 144 Å². The van der Waals surface area contributed by atoms with Gasteiger partial charge in [0.25, 0.3) is 0 Å². The van der Waals surface area contributed by atoms with E-state index in [1.807, 2.05) is 44.4 Å². The van der Waals surface area contributed by atoms with Crippen LogP contribution in [0.3, 0.4) is 0 Å². The van der Waals surface area contributed by atoms with E-state index in [-0.39, 0.29) is 12.3 Å². The third kappa shape index (κ3) is 3.68. The van der Waals surface area contributed by atoms with Gasteiger partial charge in [0.05, 0.1) is 23.3 Å². The van der Waals surface area contributed by atoms with E-state index in [1.54, 1.807) is 12.4 Å². The first-order valence-electron chi connectivity index (χ1n) is 7.63. The number of H-pyrrole nitrogens is 1. The lowest BCUT2D eigenvalue weighted by molar-refractivity contribution is -0.122. The van der Waals surface area contributed by atoms with Gasteiger partial charge in [-0.1, -0.05) is 6.07 Å². The molecular weight excluding hydrogens is 322 g/mol. The number of aromatic amines is 1. The van der Waals surface area contributed by atoms with E-state index >= 15 is 0 Å². The molecule has 3 aromatic heterocycles. The molecule has 0 aliphatic rings. The van der Waals surface area contributed by atoms with Crippen molar-refractivity contribution in [3.63, 3.8) is 0 Å². The normalized spacial score (nSPS) is 11.5. The summed E-state index contributed by atoms with van der Waals surface area (Å²) in [6.07, 6.45) is 3.71. The van der Waals surface area contributed by atoms with Crippen LogP contribution in [-0.2, 0) is 16.8 Å². The average Bonchev–Trinajstić information content (AvgIpc) is 3.17. The quantitative estimate of drug-likeness (QED) is 0.747. The first-order chi connectivity index (χ1) is 11.4. The van der Waals surface area contributed by atoms with Gasteiger partial charge in [0, 0.05) is 23.5 Å². The van der Waals surface area contributed by atoms with Crippen LogP contribution in [0.5, 0.6) is 0 Å². The van der Waals surface area contributed by atoms with Gasteiger partial charge in [-0.2, -0.15) is 0 Å². The molecule has 3 rings (SSSR count). The number of nitrogens with zero attached hydrogens (tertiary/aromatic N) is 3. The van der Waals surface area contributed by atoms with Gasteiger partial charge in [-0.25, -0.2) is 9.97 Å². The summed E-state index contributed by atoms with van der Waals surface area (Å²) in [6.45, 7) is 5.77.